The van der Waals surface area contributed by atoms with Crippen LogP contribution in [0.5, 0.6) is 23.0 Å². The van der Waals surface area contributed by atoms with Gasteiger partial charge in [0.05, 0.1) is 0 Å². The van der Waals surface area contributed by atoms with E-state index in [2.05, 4.69) is 0 Å². The molecular weight excluding hydrogens is 224 g/mol. The number of hydrogen-bond donors (Lipinski definition) is 4. The molecule has 0 saturated carbocycles. The predicted octanol–water partition coefficient (Wildman–Crippen LogP) is 1.37. The third-order valence-corrected chi connectivity index (χ3v) is 1.76. The highest BCUT2D eigenvalue weighted by molar-refractivity contribution is 5.36. The van der Waals surface area contributed by atoms with Gasteiger partial charge in [0.25, 0.3) is 0 Å². The molecule has 0 aromatic heterocycles. The molecule has 0 aliphatic rings. The first kappa shape index (κ1) is 14.6. The van der Waals surface area contributed by atoms with Crippen molar-refractivity contribution in [3.63, 3.8) is 0 Å². The van der Waals surface area contributed by atoms with Crippen LogP contribution >= 0.6 is 0 Å². The summed E-state index contributed by atoms with van der Waals surface area (Å²) in [6, 6.07) is 12.3. The number of phenolic OH excluding ortho intramolecular Hbond substituents is 4. The molecule has 0 bridgehead atoms. The molecule has 0 unspecified atom stereocenters. The van der Waals surface area contributed by atoms with Crippen LogP contribution in [-0.2, 0) is 0 Å². The van der Waals surface area contributed by atoms with Crippen molar-refractivity contribution in [1.82, 2.24) is 0 Å². The second-order valence-corrected chi connectivity index (χ2v) is 2.98. The molecule has 5 heteroatoms. The van der Waals surface area contributed by atoms with Crippen LogP contribution in [0.1, 0.15) is 0 Å². The van der Waals surface area contributed by atoms with E-state index in [-0.39, 0.29) is 28.5 Å². The normalized spacial score (nSPS) is 8.47. The van der Waals surface area contributed by atoms with Crippen LogP contribution in [0.2, 0.25) is 0 Å². The minimum Gasteiger partial charge on any atom is -0.504 e. The van der Waals surface area contributed by atoms with E-state index in [0.717, 1.165) is 0 Å². The quantitative estimate of drug-likeness (QED) is 0.519. The Hall–Kier alpha value is -2.40. The first-order valence-electron chi connectivity index (χ1n) is 4.55. The number of para-hydroxylation sites is 4. The van der Waals surface area contributed by atoms with Crippen LogP contribution in [0.4, 0.5) is 0 Å². The maximum Gasteiger partial charge on any atom is 0.157 e. The van der Waals surface area contributed by atoms with E-state index in [1.807, 2.05) is 0 Å². The van der Waals surface area contributed by atoms with E-state index in [1.165, 1.54) is 24.3 Å². The lowest BCUT2D eigenvalue weighted by molar-refractivity contribution is 0.404. The zero-order valence-corrected chi connectivity index (χ0v) is 8.91. The van der Waals surface area contributed by atoms with Crippen molar-refractivity contribution < 1.29 is 25.9 Å². The molecule has 0 spiro atoms. The maximum absolute atomic E-state index is 8.67. The molecule has 0 atom stereocenters. The summed E-state index contributed by atoms with van der Waals surface area (Å²) in [5.74, 6) is -0.306. The topological polar surface area (TPSA) is 112 Å². The molecule has 0 saturated heterocycles. The highest BCUT2D eigenvalue weighted by Gasteiger charge is 1.90. The molecular formula is C12H14O5. The molecule has 6 N–H and O–H groups in total. The molecule has 0 radical (unpaired) electrons. The molecule has 92 valence electrons. The summed E-state index contributed by atoms with van der Waals surface area (Å²) in [4.78, 5) is 0. The average Bonchev–Trinajstić information content (AvgIpc) is 2.28. The third kappa shape index (κ3) is 4.76. The van der Waals surface area contributed by atoms with E-state index < -0.39 is 0 Å². The van der Waals surface area contributed by atoms with Crippen LogP contribution in [0.25, 0.3) is 0 Å². The van der Waals surface area contributed by atoms with Crippen molar-refractivity contribution in [2.45, 2.75) is 0 Å². The molecule has 2 aromatic rings. The highest BCUT2D eigenvalue weighted by Crippen LogP contribution is 2.21. The smallest absolute Gasteiger partial charge is 0.157 e. The Labute approximate surface area is 98.2 Å². The number of rotatable bonds is 0. The van der Waals surface area contributed by atoms with Crippen molar-refractivity contribution in [2.75, 3.05) is 0 Å². The molecule has 17 heavy (non-hydrogen) atoms. The summed E-state index contributed by atoms with van der Waals surface area (Å²) in [6.07, 6.45) is 0. The fourth-order valence-electron chi connectivity index (χ4n) is 0.928. The SMILES string of the molecule is O.Oc1ccccc1O.Oc1ccccc1O. The van der Waals surface area contributed by atoms with Gasteiger partial charge >= 0.3 is 0 Å². The fraction of sp³-hybridized carbons (Fsp3) is 0. The van der Waals surface area contributed by atoms with Gasteiger partial charge in [0.15, 0.2) is 23.0 Å². The van der Waals surface area contributed by atoms with E-state index in [4.69, 9.17) is 20.4 Å². The van der Waals surface area contributed by atoms with Gasteiger partial charge in [0.1, 0.15) is 0 Å². The van der Waals surface area contributed by atoms with Crippen molar-refractivity contribution in [3.8, 4) is 23.0 Å². The molecule has 0 fully saturated rings. The van der Waals surface area contributed by atoms with Crippen molar-refractivity contribution in [2.24, 2.45) is 0 Å². The molecule has 0 heterocycles. The van der Waals surface area contributed by atoms with Gasteiger partial charge in [-0.05, 0) is 24.3 Å². The minimum absolute atomic E-state index is 0. The zero-order valence-electron chi connectivity index (χ0n) is 8.91. The Bertz CT molecular complexity index is 371. The van der Waals surface area contributed by atoms with E-state index >= 15 is 0 Å². The van der Waals surface area contributed by atoms with Crippen LogP contribution in [-0.4, -0.2) is 25.9 Å². The van der Waals surface area contributed by atoms with E-state index in [0.29, 0.717) is 0 Å². The summed E-state index contributed by atoms with van der Waals surface area (Å²) in [6.45, 7) is 0. The standard InChI is InChI=1S/2C6H6O2.H2O/c2*7-5-3-1-2-4-6(5)8;/h2*1-4,7-8H;1H2. The Balaban J connectivity index is 0.000000284. The molecule has 2 rings (SSSR count). The Morgan fingerprint density at radius 3 is 0.765 bits per heavy atom. The molecule has 0 amide bonds. The van der Waals surface area contributed by atoms with Gasteiger partial charge in [-0.2, -0.15) is 0 Å². The van der Waals surface area contributed by atoms with Gasteiger partial charge in [-0.25, -0.2) is 0 Å². The average molecular weight is 238 g/mol. The maximum atomic E-state index is 8.67. The lowest BCUT2D eigenvalue weighted by atomic mass is 10.3. The molecule has 0 aliphatic carbocycles. The van der Waals surface area contributed by atoms with Crippen molar-refractivity contribution >= 4 is 0 Å². The number of hydrogen-bond acceptors (Lipinski definition) is 4. The number of benzene rings is 2. The van der Waals surface area contributed by atoms with Crippen molar-refractivity contribution in [3.05, 3.63) is 48.5 Å². The third-order valence-electron chi connectivity index (χ3n) is 1.76. The van der Waals surface area contributed by atoms with Gasteiger partial charge in [-0.3, -0.25) is 0 Å². The lowest BCUT2D eigenvalue weighted by Gasteiger charge is -1.91. The fourth-order valence-corrected chi connectivity index (χ4v) is 0.928. The van der Waals surface area contributed by atoms with Gasteiger partial charge in [0, 0.05) is 0 Å². The first-order valence-corrected chi connectivity index (χ1v) is 4.55. The summed E-state index contributed by atoms with van der Waals surface area (Å²) < 4.78 is 0. The van der Waals surface area contributed by atoms with Gasteiger partial charge in [0.2, 0.25) is 0 Å². The zero-order chi connectivity index (χ0) is 12.0. The summed E-state index contributed by atoms with van der Waals surface area (Å²) >= 11 is 0. The monoisotopic (exact) mass is 238 g/mol. The van der Waals surface area contributed by atoms with Gasteiger partial charge in [-0.15, -0.1) is 0 Å². The molecule has 0 aliphatic heterocycles. The Morgan fingerprint density at radius 2 is 0.647 bits per heavy atom. The van der Waals surface area contributed by atoms with E-state index in [9.17, 15) is 0 Å². The second kappa shape index (κ2) is 6.97. The van der Waals surface area contributed by atoms with E-state index in [1.54, 1.807) is 24.3 Å². The van der Waals surface area contributed by atoms with Gasteiger partial charge < -0.3 is 25.9 Å². The van der Waals surface area contributed by atoms with Crippen LogP contribution in [0.15, 0.2) is 48.5 Å². The molecule has 5 nitrogen and oxygen atoms in total. The van der Waals surface area contributed by atoms with Crippen LogP contribution in [0, 0.1) is 0 Å². The van der Waals surface area contributed by atoms with Crippen LogP contribution < -0.4 is 0 Å². The Kier molecular flexibility index (Phi) is 5.99. The lowest BCUT2D eigenvalue weighted by Crippen LogP contribution is -1.63. The summed E-state index contributed by atoms with van der Waals surface area (Å²) in [7, 11) is 0. The first-order chi connectivity index (χ1) is 7.61. The molecule has 2 aromatic carbocycles. The Morgan fingerprint density at radius 1 is 0.471 bits per heavy atom. The number of phenols is 4. The summed E-state index contributed by atoms with van der Waals surface area (Å²) in [5.41, 5.74) is 0. The predicted molar refractivity (Wildman–Crippen MR) is 63.2 cm³/mol. The largest absolute Gasteiger partial charge is 0.504 e. The van der Waals surface area contributed by atoms with Gasteiger partial charge in [-0.1, -0.05) is 24.3 Å². The van der Waals surface area contributed by atoms with Crippen molar-refractivity contribution in [1.29, 1.82) is 0 Å². The second-order valence-electron chi connectivity index (χ2n) is 2.98. The van der Waals surface area contributed by atoms with Crippen LogP contribution in [0.3, 0.4) is 0 Å². The number of aromatic hydroxyl groups is 4. The highest BCUT2D eigenvalue weighted by atomic mass is 16.3. The summed E-state index contributed by atoms with van der Waals surface area (Å²) in [5, 5.41) is 34.7. The minimum atomic E-state index is -0.0764.